The maximum Gasteiger partial charge on any atom is 0.339 e. The van der Waals surface area contributed by atoms with Crippen molar-refractivity contribution in [3.05, 3.63) is 29.6 Å². The van der Waals surface area contributed by atoms with Crippen molar-refractivity contribution in [1.82, 2.24) is 4.98 Å². The number of ether oxygens (including phenoxy) is 1. The Hall–Kier alpha value is -1.86. The molecule has 17 heavy (non-hydrogen) atoms. The van der Waals surface area contributed by atoms with E-state index in [1.165, 1.54) is 12.4 Å². The third kappa shape index (κ3) is 4.66. The van der Waals surface area contributed by atoms with Gasteiger partial charge in [-0.2, -0.15) is 0 Å². The molecule has 4 heteroatoms. The monoisotopic (exact) mass is 233 g/mol. The van der Waals surface area contributed by atoms with Crippen LogP contribution >= 0.6 is 0 Å². The zero-order valence-electron chi connectivity index (χ0n) is 10.2. The first-order chi connectivity index (χ1) is 7.92. The summed E-state index contributed by atoms with van der Waals surface area (Å²) in [5.74, 6) is 4.98. The predicted molar refractivity (Wildman–Crippen MR) is 63.4 cm³/mol. The maximum atomic E-state index is 11.4. The Morgan fingerprint density at radius 3 is 2.82 bits per heavy atom. The minimum Gasteiger partial charge on any atom is -0.462 e. The summed E-state index contributed by atoms with van der Waals surface area (Å²) >= 11 is 0. The third-order valence-corrected chi connectivity index (χ3v) is 1.76. The molecule has 0 saturated carbocycles. The lowest BCUT2D eigenvalue weighted by atomic mass is 10.1. The Morgan fingerprint density at radius 2 is 2.24 bits per heavy atom. The number of carbonyl (C=O) groups is 1. The van der Waals surface area contributed by atoms with Crippen LogP contribution in [0.25, 0.3) is 0 Å². The lowest BCUT2D eigenvalue weighted by molar-refractivity contribution is 0.0526. The molecule has 1 aromatic rings. The van der Waals surface area contributed by atoms with E-state index in [-0.39, 0.29) is 0 Å². The predicted octanol–water partition coefficient (Wildman–Crippen LogP) is 1.38. The number of hydrogen-bond donors (Lipinski definition) is 1. The molecule has 0 spiro atoms. The highest BCUT2D eigenvalue weighted by Crippen LogP contribution is 2.05. The van der Waals surface area contributed by atoms with Crippen LogP contribution in [0.5, 0.6) is 0 Å². The molecular formula is C13H15NO3. The number of nitrogens with zero attached hydrogens (tertiary/aromatic N) is 1. The van der Waals surface area contributed by atoms with Crippen LogP contribution in [0.3, 0.4) is 0 Å². The highest BCUT2D eigenvalue weighted by Gasteiger charge is 2.08. The smallest absolute Gasteiger partial charge is 0.339 e. The van der Waals surface area contributed by atoms with Crippen LogP contribution in [0.15, 0.2) is 18.5 Å². The van der Waals surface area contributed by atoms with E-state index in [2.05, 4.69) is 16.8 Å². The quantitative estimate of drug-likeness (QED) is 0.619. The summed E-state index contributed by atoms with van der Waals surface area (Å²) in [6.45, 7) is 5.23. The van der Waals surface area contributed by atoms with E-state index in [0.29, 0.717) is 17.7 Å². The van der Waals surface area contributed by atoms with Gasteiger partial charge in [0.1, 0.15) is 5.60 Å². The Bertz CT molecular complexity index is 464. The first kappa shape index (κ1) is 13.2. The number of aromatic nitrogens is 1. The molecule has 0 unspecified atom stereocenters. The Balaban J connectivity index is 2.93. The normalized spacial score (nSPS) is 10.4. The van der Waals surface area contributed by atoms with Crippen molar-refractivity contribution in [3.63, 3.8) is 0 Å². The molecule has 0 fully saturated rings. The van der Waals surface area contributed by atoms with Crippen LogP contribution in [0.1, 0.15) is 36.7 Å². The fourth-order valence-electron chi connectivity index (χ4n) is 1.06. The second-order valence-corrected chi connectivity index (χ2v) is 3.99. The van der Waals surface area contributed by atoms with Crippen molar-refractivity contribution in [1.29, 1.82) is 0 Å². The van der Waals surface area contributed by atoms with Crippen molar-refractivity contribution < 1.29 is 14.6 Å². The van der Waals surface area contributed by atoms with Crippen LogP contribution < -0.4 is 0 Å². The van der Waals surface area contributed by atoms with Gasteiger partial charge in [-0.15, -0.1) is 0 Å². The van der Waals surface area contributed by atoms with Gasteiger partial charge in [-0.1, -0.05) is 11.8 Å². The fourth-order valence-corrected chi connectivity index (χ4v) is 1.06. The Kier molecular flexibility index (Phi) is 4.24. The lowest BCUT2D eigenvalue weighted by Gasteiger charge is -2.06. The number of carbonyl (C=O) groups excluding carboxylic acids is 1. The van der Waals surface area contributed by atoms with Gasteiger partial charge in [-0.3, -0.25) is 4.98 Å². The van der Waals surface area contributed by atoms with E-state index >= 15 is 0 Å². The zero-order valence-corrected chi connectivity index (χ0v) is 10.2. The van der Waals surface area contributed by atoms with Gasteiger partial charge in [0, 0.05) is 18.0 Å². The third-order valence-electron chi connectivity index (χ3n) is 1.76. The average Bonchev–Trinajstić information content (AvgIpc) is 2.26. The molecule has 0 aliphatic rings. The van der Waals surface area contributed by atoms with Gasteiger partial charge in [-0.05, 0) is 26.8 Å². The molecule has 0 amide bonds. The highest BCUT2D eigenvalue weighted by molar-refractivity contribution is 5.89. The van der Waals surface area contributed by atoms with Crippen LogP contribution in [0.4, 0.5) is 0 Å². The van der Waals surface area contributed by atoms with Crippen LogP contribution in [-0.2, 0) is 4.74 Å². The van der Waals surface area contributed by atoms with E-state index in [9.17, 15) is 9.90 Å². The largest absolute Gasteiger partial charge is 0.462 e. The van der Waals surface area contributed by atoms with Crippen molar-refractivity contribution in [2.45, 2.75) is 26.4 Å². The van der Waals surface area contributed by atoms with Gasteiger partial charge in [-0.25, -0.2) is 4.79 Å². The molecule has 0 aliphatic carbocycles. The number of hydrogen-bond acceptors (Lipinski definition) is 4. The summed E-state index contributed by atoms with van der Waals surface area (Å²) < 4.78 is 4.85. The van der Waals surface area contributed by atoms with Gasteiger partial charge in [0.25, 0.3) is 0 Å². The zero-order chi connectivity index (χ0) is 12.9. The Morgan fingerprint density at radius 1 is 1.53 bits per heavy atom. The maximum absolute atomic E-state index is 11.4. The summed E-state index contributed by atoms with van der Waals surface area (Å²) in [7, 11) is 0. The molecule has 90 valence electrons. The van der Waals surface area contributed by atoms with Crippen LogP contribution in [0, 0.1) is 11.8 Å². The molecule has 0 atom stereocenters. The Labute approximate surface area is 101 Å². The van der Waals surface area contributed by atoms with Gasteiger partial charge >= 0.3 is 5.97 Å². The summed E-state index contributed by atoms with van der Waals surface area (Å²) in [6, 6.07) is 1.59. The summed E-state index contributed by atoms with van der Waals surface area (Å²) in [5, 5.41) is 9.46. The van der Waals surface area contributed by atoms with Gasteiger partial charge in [0.2, 0.25) is 0 Å². The second kappa shape index (κ2) is 5.46. The average molecular weight is 233 g/mol. The second-order valence-electron chi connectivity index (χ2n) is 3.99. The summed E-state index contributed by atoms with van der Waals surface area (Å²) in [6.07, 6.45) is 2.95. The van der Waals surface area contributed by atoms with E-state index in [1.807, 2.05) is 0 Å². The van der Waals surface area contributed by atoms with E-state index in [0.717, 1.165) is 0 Å². The number of aliphatic hydroxyl groups is 1. The van der Waals surface area contributed by atoms with Gasteiger partial charge in [0.05, 0.1) is 12.2 Å². The molecule has 0 aromatic carbocycles. The number of esters is 1. The SMILES string of the molecule is CCOC(=O)c1cncc(C#CC(C)(C)O)c1. The number of rotatable bonds is 2. The standard InChI is InChI=1S/C13H15NO3/c1-4-17-12(15)11-7-10(8-14-9-11)5-6-13(2,3)16/h7-9,16H,4H2,1-3H3. The summed E-state index contributed by atoms with van der Waals surface area (Å²) in [4.78, 5) is 15.3. The van der Waals surface area contributed by atoms with Crippen molar-refractivity contribution in [2.24, 2.45) is 0 Å². The first-order valence-electron chi connectivity index (χ1n) is 5.30. The molecule has 0 saturated heterocycles. The van der Waals surface area contributed by atoms with E-state index < -0.39 is 11.6 Å². The summed E-state index contributed by atoms with van der Waals surface area (Å²) in [5.41, 5.74) is -0.146. The topological polar surface area (TPSA) is 59.4 Å². The molecule has 0 bridgehead atoms. The lowest BCUT2D eigenvalue weighted by Crippen LogP contribution is -2.14. The van der Waals surface area contributed by atoms with Crippen LogP contribution in [-0.4, -0.2) is 28.3 Å². The minimum atomic E-state index is -1.07. The fraction of sp³-hybridized carbons (Fsp3) is 0.385. The molecule has 1 rings (SSSR count). The molecule has 4 nitrogen and oxygen atoms in total. The molecule has 0 radical (unpaired) electrons. The minimum absolute atomic E-state index is 0.318. The van der Waals surface area contributed by atoms with Crippen LogP contribution in [0.2, 0.25) is 0 Å². The van der Waals surface area contributed by atoms with Crippen molar-refractivity contribution in [3.8, 4) is 11.8 Å². The van der Waals surface area contributed by atoms with E-state index in [1.54, 1.807) is 26.8 Å². The molecule has 1 heterocycles. The van der Waals surface area contributed by atoms with Crippen molar-refractivity contribution >= 4 is 5.97 Å². The molecule has 1 N–H and O–H groups in total. The van der Waals surface area contributed by atoms with Crippen molar-refractivity contribution in [2.75, 3.05) is 6.61 Å². The molecular weight excluding hydrogens is 218 g/mol. The molecule has 1 aromatic heterocycles. The highest BCUT2D eigenvalue weighted by atomic mass is 16.5. The molecule has 0 aliphatic heterocycles. The van der Waals surface area contributed by atoms with Gasteiger partial charge in [0.15, 0.2) is 0 Å². The van der Waals surface area contributed by atoms with E-state index in [4.69, 9.17) is 4.74 Å². The number of pyridine rings is 1. The first-order valence-corrected chi connectivity index (χ1v) is 5.30. The van der Waals surface area contributed by atoms with Gasteiger partial charge < -0.3 is 9.84 Å².